The van der Waals surface area contributed by atoms with Gasteiger partial charge in [-0.1, -0.05) is 155 Å². The first-order valence-electron chi connectivity index (χ1n) is 18.3. The van der Waals surface area contributed by atoms with Gasteiger partial charge in [0.1, 0.15) is 11.5 Å². The maximum atomic E-state index is 11.8. The van der Waals surface area contributed by atoms with E-state index in [0.717, 1.165) is 70.2 Å². The van der Waals surface area contributed by atoms with E-state index in [4.69, 9.17) is 9.98 Å². The summed E-state index contributed by atoms with van der Waals surface area (Å²) in [4.78, 5) is 10.3. The predicted molar refractivity (Wildman–Crippen MR) is 212 cm³/mol. The van der Waals surface area contributed by atoms with Crippen LogP contribution in [0.3, 0.4) is 0 Å². The molecule has 52 heavy (non-hydrogen) atoms. The van der Waals surface area contributed by atoms with Gasteiger partial charge in [-0.15, -0.1) is 0 Å². The largest absolute Gasteiger partial charge is 1.00 e. The van der Waals surface area contributed by atoms with Gasteiger partial charge >= 0.3 is 0 Å². The maximum absolute atomic E-state index is 11.8. The van der Waals surface area contributed by atoms with Gasteiger partial charge in [0.25, 0.3) is 0 Å². The Labute approximate surface area is 334 Å². The Kier molecular flexibility index (Phi) is 14.0. The van der Waals surface area contributed by atoms with Crippen LogP contribution in [0.25, 0.3) is 0 Å². The minimum absolute atomic E-state index is 0. The van der Waals surface area contributed by atoms with Gasteiger partial charge in [0.15, 0.2) is 0 Å². The molecule has 2 atom stereocenters. The third kappa shape index (κ3) is 9.48. The molecular formula is C46H58BrCoN2O2-. The molecule has 6 heteroatoms. The van der Waals surface area contributed by atoms with Gasteiger partial charge in [-0.2, -0.15) is 0 Å². The number of halogens is 1. The standard InChI is InChI=1S/C46H58N2O2.BrH.Co/c1-43(2,3)35-25-31(41(49)37(27-35)45(7,8)33-19-13-11-14-20-33)29-47-39-23-17-18-24-40(39)48-30-32-26-36(44(4,5)6)28-38(42(32)50)46(9,10)34-21-15-12-16-22-34;;/h11-16,19-22,25-30,39-40,49-50H,17-18,23-24H2,1-10H3;1H;/p-1/t39-,40-;;/m1../s1. The Bertz CT molecular complexity index is 1710. The van der Waals surface area contributed by atoms with Gasteiger partial charge in [0, 0.05) is 62.3 Å². The van der Waals surface area contributed by atoms with Crippen LogP contribution in [0.4, 0.5) is 0 Å². The second-order valence-corrected chi connectivity index (χ2v) is 17.4. The molecule has 0 heterocycles. The average molecular weight is 810 g/mol. The van der Waals surface area contributed by atoms with Crippen LogP contribution in [0, 0.1) is 0 Å². The van der Waals surface area contributed by atoms with Crippen molar-refractivity contribution < 1.29 is 44.0 Å². The Morgan fingerprint density at radius 1 is 0.519 bits per heavy atom. The van der Waals surface area contributed by atoms with Gasteiger partial charge in [0.05, 0.1) is 12.1 Å². The average Bonchev–Trinajstić information content (AvgIpc) is 3.07. The van der Waals surface area contributed by atoms with E-state index in [1.54, 1.807) is 0 Å². The third-order valence-electron chi connectivity index (χ3n) is 10.9. The van der Waals surface area contributed by atoms with Crippen molar-refractivity contribution >= 4 is 12.4 Å². The van der Waals surface area contributed by atoms with E-state index in [2.05, 4.69) is 142 Å². The minimum Gasteiger partial charge on any atom is -1.00 e. The maximum Gasteiger partial charge on any atom is 0.128 e. The first-order valence-corrected chi connectivity index (χ1v) is 18.3. The van der Waals surface area contributed by atoms with E-state index in [1.165, 1.54) is 0 Å². The van der Waals surface area contributed by atoms with Gasteiger partial charge in [-0.25, -0.2) is 0 Å². The molecule has 1 radical (unpaired) electrons. The quantitative estimate of drug-likeness (QED) is 0.177. The van der Waals surface area contributed by atoms with Crippen molar-refractivity contribution in [3.63, 3.8) is 0 Å². The second kappa shape index (κ2) is 16.9. The van der Waals surface area contributed by atoms with Crippen LogP contribution in [-0.2, 0) is 38.4 Å². The number of hydrogen-bond acceptors (Lipinski definition) is 4. The number of hydrogen-bond donors (Lipinski definition) is 2. The fourth-order valence-corrected chi connectivity index (χ4v) is 7.14. The van der Waals surface area contributed by atoms with Crippen LogP contribution in [-0.4, -0.2) is 34.7 Å². The van der Waals surface area contributed by atoms with Crippen molar-refractivity contribution in [1.82, 2.24) is 0 Å². The monoisotopic (exact) mass is 808 g/mol. The number of phenolic OH excluding ortho intramolecular Hbond substituents is 2. The van der Waals surface area contributed by atoms with E-state index < -0.39 is 10.8 Å². The molecule has 2 N–H and O–H groups in total. The Balaban J connectivity index is 0.00000364. The van der Waals surface area contributed by atoms with Crippen molar-refractivity contribution in [3.05, 3.63) is 129 Å². The zero-order valence-corrected chi connectivity index (χ0v) is 35.3. The van der Waals surface area contributed by atoms with Gasteiger partial charge in [-0.05, 0) is 58.1 Å². The van der Waals surface area contributed by atoms with Crippen LogP contribution in [0.1, 0.15) is 139 Å². The molecule has 4 aromatic carbocycles. The zero-order chi connectivity index (χ0) is 36.5. The second-order valence-electron chi connectivity index (χ2n) is 17.4. The molecule has 0 aromatic heterocycles. The summed E-state index contributed by atoms with van der Waals surface area (Å²) in [7, 11) is 0. The molecule has 0 aliphatic heterocycles. The zero-order valence-electron chi connectivity index (χ0n) is 32.7. The first-order chi connectivity index (χ1) is 23.4. The minimum atomic E-state index is -0.398. The van der Waals surface area contributed by atoms with E-state index in [9.17, 15) is 10.2 Å². The summed E-state index contributed by atoms with van der Waals surface area (Å²) in [6.07, 6.45) is 7.81. The van der Waals surface area contributed by atoms with Crippen LogP contribution in [0.2, 0.25) is 0 Å². The third-order valence-corrected chi connectivity index (χ3v) is 10.9. The molecule has 0 bridgehead atoms. The summed E-state index contributed by atoms with van der Waals surface area (Å²) in [5.41, 5.74) is 6.92. The van der Waals surface area contributed by atoms with Crippen LogP contribution >= 0.6 is 0 Å². The van der Waals surface area contributed by atoms with Crippen molar-refractivity contribution in [3.8, 4) is 11.5 Å². The summed E-state index contributed by atoms with van der Waals surface area (Å²) in [5, 5.41) is 23.5. The first kappa shape index (κ1) is 43.2. The van der Waals surface area contributed by atoms with Crippen LogP contribution in [0.5, 0.6) is 11.5 Å². The molecule has 1 saturated carbocycles. The van der Waals surface area contributed by atoms with Crippen LogP contribution in [0.15, 0.2) is 94.9 Å². The normalized spacial score (nSPS) is 17.2. The number of phenols is 2. The Morgan fingerprint density at radius 3 is 1.15 bits per heavy atom. The van der Waals surface area contributed by atoms with Crippen molar-refractivity contribution in [1.29, 1.82) is 0 Å². The number of aromatic hydroxyl groups is 2. The molecule has 0 amide bonds. The molecule has 1 fully saturated rings. The SMILES string of the molecule is CC(C)(C)c1cc(C=N[C@@H]2CCCC[C@H]2N=Cc2cc(C(C)(C)C)cc(C(C)(C)c3ccccc3)c2O)c(O)c(C(C)(C)c2ccccc2)c1.[Br-].[Co]. The van der Waals surface area contributed by atoms with E-state index >= 15 is 0 Å². The van der Waals surface area contributed by atoms with E-state index in [-0.39, 0.29) is 68.2 Å². The number of nitrogens with zero attached hydrogens (tertiary/aromatic N) is 2. The number of aliphatic imine (C=N–C) groups is 2. The fourth-order valence-electron chi connectivity index (χ4n) is 7.14. The molecule has 4 aromatic rings. The van der Waals surface area contributed by atoms with Crippen LogP contribution < -0.4 is 17.0 Å². The molecule has 1 aliphatic rings. The molecule has 1 aliphatic carbocycles. The summed E-state index contributed by atoms with van der Waals surface area (Å²) in [6.45, 7) is 22.0. The Hall–Kier alpha value is -3.19. The number of benzene rings is 4. The fraction of sp³-hybridized carbons (Fsp3) is 0.435. The van der Waals surface area contributed by atoms with Gasteiger partial charge in [-0.3, -0.25) is 9.98 Å². The molecule has 0 saturated heterocycles. The molecule has 4 nitrogen and oxygen atoms in total. The van der Waals surface area contributed by atoms with Crippen molar-refractivity contribution in [2.75, 3.05) is 0 Å². The summed E-state index contributed by atoms with van der Waals surface area (Å²) >= 11 is 0. The molecule has 5 rings (SSSR count). The molecule has 0 spiro atoms. The van der Waals surface area contributed by atoms with E-state index in [1.807, 2.05) is 24.6 Å². The Morgan fingerprint density at radius 2 is 0.846 bits per heavy atom. The van der Waals surface area contributed by atoms with Crippen molar-refractivity contribution in [2.24, 2.45) is 9.98 Å². The summed E-state index contributed by atoms with van der Waals surface area (Å²) in [6, 6.07) is 29.3. The predicted octanol–water partition coefficient (Wildman–Crippen LogP) is 8.20. The molecule has 281 valence electrons. The summed E-state index contributed by atoms with van der Waals surface area (Å²) < 4.78 is 0. The van der Waals surface area contributed by atoms with Crippen molar-refractivity contribution in [2.45, 2.75) is 129 Å². The number of rotatable bonds is 8. The van der Waals surface area contributed by atoms with E-state index in [0.29, 0.717) is 0 Å². The molecule has 0 unspecified atom stereocenters. The topological polar surface area (TPSA) is 65.2 Å². The molecular weight excluding hydrogens is 751 g/mol. The van der Waals surface area contributed by atoms with Gasteiger partial charge in [0.2, 0.25) is 0 Å². The smallest absolute Gasteiger partial charge is 0.128 e. The van der Waals surface area contributed by atoms with Gasteiger partial charge < -0.3 is 27.2 Å². The summed E-state index contributed by atoms with van der Waals surface area (Å²) in [5.74, 6) is 0.563.